The topological polar surface area (TPSA) is 38.5 Å². The van der Waals surface area contributed by atoms with Gasteiger partial charge in [-0.1, -0.05) is 0 Å². The molecule has 0 radical (unpaired) electrons. The molecule has 0 aliphatic carbocycles. The van der Waals surface area contributed by atoms with Crippen LogP contribution in [-0.4, -0.2) is 43.3 Å². The number of ether oxygens (including phenoxy) is 1. The molecule has 1 atom stereocenters. The van der Waals surface area contributed by atoms with Gasteiger partial charge in [0.2, 0.25) is 0 Å². The quantitative estimate of drug-likeness (QED) is 0.532. The van der Waals surface area contributed by atoms with Crippen molar-refractivity contribution in [1.29, 1.82) is 0 Å². The fourth-order valence-corrected chi connectivity index (χ4v) is 1.58. The van der Waals surface area contributed by atoms with Crippen molar-refractivity contribution in [3.63, 3.8) is 0 Å². The van der Waals surface area contributed by atoms with Gasteiger partial charge >= 0.3 is 0 Å². The predicted molar refractivity (Wildman–Crippen MR) is 38.8 cm³/mol. The van der Waals surface area contributed by atoms with Crippen molar-refractivity contribution in [2.24, 2.45) is 5.73 Å². The van der Waals surface area contributed by atoms with Crippen molar-refractivity contribution < 1.29 is 4.74 Å². The highest BCUT2D eigenvalue weighted by molar-refractivity contribution is 4.86. The van der Waals surface area contributed by atoms with Gasteiger partial charge in [-0.25, -0.2) is 0 Å². The lowest BCUT2D eigenvalue weighted by molar-refractivity contribution is -0.0572. The van der Waals surface area contributed by atoms with Crippen LogP contribution in [0.25, 0.3) is 0 Å². The number of nitrogens with zero attached hydrogens (tertiary/aromatic N) is 1. The van der Waals surface area contributed by atoms with Crippen LogP contribution in [0.4, 0.5) is 0 Å². The molecule has 2 aliphatic heterocycles. The summed E-state index contributed by atoms with van der Waals surface area (Å²) in [5.74, 6) is 0. The van der Waals surface area contributed by atoms with E-state index in [1.165, 1.54) is 6.54 Å². The first-order valence-electron chi connectivity index (χ1n) is 3.93. The Kier molecular flexibility index (Phi) is 1.64. The zero-order chi connectivity index (χ0) is 6.97. The van der Waals surface area contributed by atoms with Crippen LogP contribution in [0, 0.1) is 0 Å². The molecule has 10 heavy (non-hydrogen) atoms. The maximum atomic E-state index is 5.76. The minimum Gasteiger partial charge on any atom is -0.378 e. The highest BCUT2D eigenvalue weighted by Gasteiger charge is 2.30. The molecule has 3 heteroatoms. The second kappa shape index (κ2) is 2.49. The van der Waals surface area contributed by atoms with Gasteiger partial charge in [-0.15, -0.1) is 0 Å². The molecule has 0 aromatic rings. The van der Waals surface area contributed by atoms with Gasteiger partial charge in [-0.3, -0.25) is 4.90 Å². The Hall–Kier alpha value is -0.120. The van der Waals surface area contributed by atoms with Gasteiger partial charge < -0.3 is 10.5 Å². The summed E-state index contributed by atoms with van der Waals surface area (Å²) in [6.07, 6.45) is 1.16. The second-order valence-electron chi connectivity index (χ2n) is 3.23. The molecule has 2 rings (SSSR count). The average Bonchev–Trinajstić information content (AvgIpc) is 2.10. The Morgan fingerprint density at radius 3 is 2.60 bits per heavy atom. The Morgan fingerprint density at radius 2 is 2.20 bits per heavy atom. The molecule has 2 N–H and O–H groups in total. The van der Waals surface area contributed by atoms with Crippen LogP contribution < -0.4 is 5.73 Å². The van der Waals surface area contributed by atoms with Crippen molar-refractivity contribution in [3.8, 4) is 0 Å². The van der Waals surface area contributed by atoms with E-state index in [9.17, 15) is 0 Å². The van der Waals surface area contributed by atoms with Crippen molar-refractivity contribution in [2.75, 3.05) is 26.3 Å². The first-order valence-corrected chi connectivity index (χ1v) is 3.93. The molecular formula is C7H14N2O. The molecule has 0 bridgehead atoms. The van der Waals surface area contributed by atoms with Crippen molar-refractivity contribution in [1.82, 2.24) is 4.90 Å². The standard InChI is InChI=1S/C7H14N2O/c8-6-1-2-9(3-6)7-4-10-5-7/h6-7H,1-5,8H2/t6-/m0/s1. The van der Waals surface area contributed by atoms with E-state index >= 15 is 0 Å². The Bertz CT molecular complexity index is 125. The van der Waals surface area contributed by atoms with Crippen molar-refractivity contribution in [3.05, 3.63) is 0 Å². The predicted octanol–water partition coefficient (Wildman–Crippen LogP) is -0.582. The molecule has 0 aromatic heterocycles. The van der Waals surface area contributed by atoms with E-state index in [4.69, 9.17) is 10.5 Å². The molecule has 0 spiro atoms. The van der Waals surface area contributed by atoms with Crippen molar-refractivity contribution in [2.45, 2.75) is 18.5 Å². The summed E-state index contributed by atoms with van der Waals surface area (Å²) in [5.41, 5.74) is 5.76. The smallest absolute Gasteiger partial charge is 0.0645 e. The van der Waals surface area contributed by atoms with Gasteiger partial charge in [0, 0.05) is 19.1 Å². The third-order valence-electron chi connectivity index (χ3n) is 2.39. The van der Waals surface area contributed by atoms with Crippen LogP contribution in [0.3, 0.4) is 0 Å². The molecule has 2 fully saturated rings. The largest absolute Gasteiger partial charge is 0.378 e. The molecular weight excluding hydrogens is 128 g/mol. The fourth-order valence-electron chi connectivity index (χ4n) is 1.58. The summed E-state index contributed by atoms with van der Waals surface area (Å²) in [4.78, 5) is 2.44. The van der Waals surface area contributed by atoms with Gasteiger partial charge in [-0.2, -0.15) is 0 Å². The lowest BCUT2D eigenvalue weighted by Crippen LogP contribution is -2.48. The van der Waals surface area contributed by atoms with Crippen LogP contribution in [0.1, 0.15) is 6.42 Å². The molecule has 0 saturated carbocycles. The van der Waals surface area contributed by atoms with Crippen molar-refractivity contribution >= 4 is 0 Å². The summed E-state index contributed by atoms with van der Waals surface area (Å²) in [5, 5.41) is 0. The third-order valence-corrected chi connectivity index (χ3v) is 2.39. The minimum atomic E-state index is 0.417. The van der Waals surface area contributed by atoms with E-state index in [1.54, 1.807) is 0 Å². The highest BCUT2D eigenvalue weighted by atomic mass is 16.5. The summed E-state index contributed by atoms with van der Waals surface area (Å²) in [7, 11) is 0. The zero-order valence-electron chi connectivity index (χ0n) is 6.12. The van der Waals surface area contributed by atoms with E-state index in [0.29, 0.717) is 12.1 Å². The van der Waals surface area contributed by atoms with Crippen LogP contribution in [0.5, 0.6) is 0 Å². The number of hydrogen-bond acceptors (Lipinski definition) is 3. The summed E-state index contributed by atoms with van der Waals surface area (Å²) >= 11 is 0. The van der Waals surface area contributed by atoms with E-state index in [2.05, 4.69) is 4.90 Å². The van der Waals surface area contributed by atoms with Crippen LogP contribution in [0.15, 0.2) is 0 Å². The van der Waals surface area contributed by atoms with E-state index in [1.807, 2.05) is 0 Å². The third kappa shape index (κ3) is 1.05. The van der Waals surface area contributed by atoms with Gasteiger partial charge in [0.1, 0.15) is 0 Å². The Labute approximate surface area is 61.1 Å². The molecule has 2 saturated heterocycles. The lowest BCUT2D eigenvalue weighted by Gasteiger charge is -2.34. The summed E-state index contributed by atoms with van der Waals surface area (Å²) in [6.45, 7) is 4.10. The first-order chi connectivity index (χ1) is 4.86. The summed E-state index contributed by atoms with van der Waals surface area (Å²) in [6, 6.07) is 1.11. The number of nitrogens with two attached hydrogens (primary N) is 1. The SMILES string of the molecule is N[C@H]1CCN(C2COC2)C1. The van der Waals surface area contributed by atoms with Crippen LogP contribution in [-0.2, 0) is 4.74 Å². The minimum absolute atomic E-state index is 0.417. The normalized spacial score (nSPS) is 36.3. The monoisotopic (exact) mass is 142 g/mol. The molecule has 0 aromatic carbocycles. The van der Waals surface area contributed by atoms with Gasteiger partial charge in [0.15, 0.2) is 0 Å². The summed E-state index contributed by atoms with van der Waals surface area (Å²) < 4.78 is 5.10. The number of likely N-dealkylation sites (tertiary alicyclic amines) is 1. The molecule has 0 amide bonds. The molecule has 0 unspecified atom stereocenters. The van der Waals surface area contributed by atoms with E-state index in [0.717, 1.165) is 26.2 Å². The van der Waals surface area contributed by atoms with Gasteiger partial charge in [-0.05, 0) is 6.42 Å². The average molecular weight is 142 g/mol. The maximum Gasteiger partial charge on any atom is 0.0645 e. The van der Waals surface area contributed by atoms with Gasteiger partial charge in [0.25, 0.3) is 0 Å². The van der Waals surface area contributed by atoms with E-state index < -0.39 is 0 Å². The highest BCUT2D eigenvalue weighted by Crippen LogP contribution is 2.16. The van der Waals surface area contributed by atoms with Gasteiger partial charge in [0.05, 0.1) is 19.3 Å². The molecule has 58 valence electrons. The zero-order valence-corrected chi connectivity index (χ0v) is 6.12. The van der Waals surface area contributed by atoms with Crippen LogP contribution in [0.2, 0.25) is 0 Å². The fraction of sp³-hybridized carbons (Fsp3) is 1.00. The molecule has 2 heterocycles. The Balaban J connectivity index is 1.82. The lowest BCUT2D eigenvalue weighted by atomic mass is 10.2. The van der Waals surface area contributed by atoms with E-state index in [-0.39, 0.29) is 0 Å². The van der Waals surface area contributed by atoms with Crippen LogP contribution >= 0.6 is 0 Å². The number of rotatable bonds is 1. The molecule has 2 aliphatic rings. The first kappa shape index (κ1) is 6.58. The second-order valence-corrected chi connectivity index (χ2v) is 3.23. The number of hydrogen-bond donors (Lipinski definition) is 1. The molecule has 3 nitrogen and oxygen atoms in total. The Morgan fingerprint density at radius 1 is 1.40 bits per heavy atom. The maximum absolute atomic E-state index is 5.76.